The number of nitrogens with one attached hydrogen (secondary N) is 6. The number of para-hydroxylation sites is 2. The van der Waals surface area contributed by atoms with E-state index in [0.29, 0.717) is 101 Å². The molecule has 1 aliphatic carbocycles. The molecule has 596 valence electrons. The third-order valence-electron chi connectivity index (χ3n) is 19.7. The van der Waals surface area contributed by atoms with Crippen LogP contribution in [0.25, 0.3) is 0 Å². The molecule has 0 saturated heterocycles. The molecule has 0 fully saturated rings. The maximum atomic E-state index is 13.8. The van der Waals surface area contributed by atoms with Crippen LogP contribution < -0.4 is 94.1 Å². The molecule has 12 aromatic rings. The number of benzene rings is 10. The van der Waals surface area contributed by atoms with Crippen molar-refractivity contribution in [2.45, 2.75) is 107 Å². The van der Waals surface area contributed by atoms with Gasteiger partial charge in [-0.05, 0) is 155 Å². The molecule has 2 amide bonds. The molecule has 20 nitrogen and oxygen atoms in total. The van der Waals surface area contributed by atoms with Crippen molar-refractivity contribution in [3.8, 4) is 23.0 Å². The maximum Gasteiger partial charge on any atom is 0.251 e. The number of carbonyl (C=O) groups is 2. The van der Waals surface area contributed by atoms with E-state index >= 15 is 0 Å². The molecule has 2 heterocycles. The van der Waals surface area contributed by atoms with Gasteiger partial charge in [-0.3, -0.25) is 9.59 Å². The van der Waals surface area contributed by atoms with Crippen molar-refractivity contribution >= 4 is 107 Å². The van der Waals surface area contributed by atoms with Crippen LogP contribution in [0.4, 0.5) is 47.1 Å². The Morgan fingerprint density at radius 3 is 0.888 bits per heavy atom. The van der Waals surface area contributed by atoms with Crippen LogP contribution in [-0.2, 0) is 25.7 Å². The monoisotopic (exact) mass is 1590 g/mol. The van der Waals surface area contributed by atoms with Crippen molar-refractivity contribution in [1.29, 1.82) is 0 Å². The zero-order valence-electron chi connectivity index (χ0n) is 67.4. The van der Waals surface area contributed by atoms with Crippen molar-refractivity contribution < 1.29 is 28.5 Å². The minimum absolute atomic E-state index is 0.0254. The molecule has 0 aliphatic heterocycles. The average molecular weight is 1590 g/mol. The highest BCUT2D eigenvalue weighted by Gasteiger charge is 2.28. The second-order valence-electron chi connectivity index (χ2n) is 30.6. The zero-order valence-corrected chi connectivity index (χ0v) is 69.2. The van der Waals surface area contributed by atoms with E-state index in [4.69, 9.17) is 40.4 Å². The second-order valence-corrected chi connectivity index (χ2v) is 35.0. The number of aromatic nitrogens is 6. The predicted molar refractivity (Wildman–Crippen MR) is 475 cm³/mol. The number of nitrogens with zero attached hydrogens (tertiary/aromatic N) is 6. The van der Waals surface area contributed by atoms with Crippen LogP contribution in [0.5, 0.6) is 23.0 Å². The molecular formula is C94H104N14O6P2. The summed E-state index contributed by atoms with van der Waals surface area (Å²) in [6.07, 6.45) is 4.83. The Morgan fingerprint density at radius 2 is 0.603 bits per heavy atom. The van der Waals surface area contributed by atoms with Gasteiger partial charge in [0.25, 0.3) is 11.8 Å². The fourth-order valence-corrected chi connectivity index (χ4v) is 18.6. The number of rotatable bonds is 34. The van der Waals surface area contributed by atoms with Gasteiger partial charge in [0.15, 0.2) is 0 Å². The van der Waals surface area contributed by atoms with Gasteiger partial charge >= 0.3 is 0 Å². The summed E-state index contributed by atoms with van der Waals surface area (Å²) >= 11 is 0. The van der Waals surface area contributed by atoms with Gasteiger partial charge in [-0.2, -0.15) is 29.9 Å². The topological polar surface area (TPSA) is 273 Å². The van der Waals surface area contributed by atoms with Gasteiger partial charge in [0.2, 0.25) is 35.7 Å². The third kappa shape index (κ3) is 21.5. The minimum Gasteiger partial charge on any atom is -0.493 e. The zero-order chi connectivity index (χ0) is 81.0. The van der Waals surface area contributed by atoms with Crippen LogP contribution in [0.3, 0.4) is 0 Å². The molecule has 0 unspecified atom stereocenters. The van der Waals surface area contributed by atoms with Gasteiger partial charge in [0.1, 0.15) is 23.0 Å². The lowest BCUT2D eigenvalue weighted by molar-refractivity contribution is 0.0931. The van der Waals surface area contributed by atoms with Gasteiger partial charge in [0, 0.05) is 96.6 Å². The Hall–Kier alpha value is -12.0. The predicted octanol–water partition coefficient (Wildman–Crippen LogP) is 15.8. The fraction of sp³-hybridized carbons (Fsp3) is 0.277. The fourth-order valence-electron chi connectivity index (χ4n) is 14.0. The van der Waals surface area contributed by atoms with Gasteiger partial charge < -0.3 is 62.3 Å². The standard InChI is InChI=1S/C94H104N14O6P2/c1-9-47-111-81-65-27-25-28-66(81)52-70-56-74(102-92-106-88(96)104-90(108-92)100-62-94(7,8)60-98-86(110)64-41-45-80(46-42-64)116(77-35-21-15-22-36-77)78-37-23-16-24-38-78)58-72(84(70)114-50-12-4)54-68-30-26-29-67(82(68)112-48-10-2)53-71-57-73(55-69(51-65)83(71)113-49-11-3)101-91-105-87(95)103-89(107-91)99-61-93(5,6)59-97-85(109)63-39-43-79(44-40-63)115(75-31-17-13-18-32-75)76-33-19-14-20-34-76/h13-46,55-58H,9-12,47-54,59-62H2,1-8H3,(H,97,109)(H,98,110)(H4,95,99,101,103,105,107)(H4,96,100,102,104,106,108). The first-order valence-electron chi connectivity index (χ1n) is 40.0. The summed E-state index contributed by atoms with van der Waals surface area (Å²) in [6, 6.07) is 79.1. The van der Waals surface area contributed by atoms with E-state index in [2.05, 4.69) is 289 Å². The normalized spacial score (nSPS) is 12.0. The molecule has 0 radical (unpaired) electrons. The van der Waals surface area contributed by atoms with E-state index in [1.54, 1.807) is 0 Å². The summed E-state index contributed by atoms with van der Waals surface area (Å²) in [6.45, 7) is 20.2. The van der Waals surface area contributed by atoms with Crippen molar-refractivity contribution in [3.05, 3.63) is 286 Å². The highest BCUT2D eigenvalue weighted by molar-refractivity contribution is 7.80. The van der Waals surface area contributed by atoms with E-state index < -0.39 is 26.7 Å². The molecule has 8 bridgehead atoms. The quantitative estimate of drug-likeness (QED) is 0.0174. The number of nitrogen functional groups attached to an aromatic ring is 2. The smallest absolute Gasteiger partial charge is 0.251 e. The summed E-state index contributed by atoms with van der Waals surface area (Å²) in [7, 11) is -1.62. The largest absolute Gasteiger partial charge is 0.493 e. The summed E-state index contributed by atoms with van der Waals surface area (Å²) in [5.41, 5.74) is 22.3. The molecule has 22 heteroatoms. The lowest BCUT2D eigenvalue weighted by Crippen LogP contribution is -2.38. The highest BCUT2D eigenvalue weighted by Crippen LogP contribution is 2.43. The van der Waals surface area contributed by atoms with Crippen LogP contribution in [0.2, 0.25) is 0 Å². The number of ether oxygens (including phenoxy) is 4. The molecular weight excluding hydrogens is 1480 g/mol. The van der Waals surface area contributed by atoms with Crippen molar-refractivity contribution in [3.63, 3.8) is 0 Å². The number of hydrogen-bond donors (Lipinski definition) is 8. The van der Waals surface area contributed by atoms with E-state index in [9.17, 15) is 9.59 Å². The van der Waals surface area contributed by atoms with Crippen molar-refractivity contribution in [1.82, 2.24) is 40.5 Å². The Kier molecular flexibility index (Phi) is 27.5. The van der Waals surface area contributed by atoms with Crippen LogP contribution in [0.1, 0.15) is 146 Å². The maximum absolute atomic E-state index is 13.8. The SMILES string of the molecule is CCCOc1c2cccc1Cc1cc(Nc3nc(N)nc(NCC(C)(C)CNC(=O)c4ccc(P(c5ccccc5)c5ccccc5)cc4)n3)cc(c1OCCC)Cc1cccc(c1OCCC)Cc1cc(Nc3nc(N)nc(NCC(C)(C)CNC(=O)c4ccc(P(c5ccccc5)c5ccccc5)cc4)n3)cc(c1OCCC)C2. The van der Waals surface area contributed by atoms with Crippen LogP contribution >= 0.6 is 15.8 Å². The molecule has 1 aliphatic rings. The number of amides is 2. The summed E-state index contributed by atoms with van der Waals surface area (Å²) in [5.74, 6) is 3.84. The first-order chi connectivity index (χ1) is 56.4. The first-order valence-corrected chi connectivity index (χ1v) is 42.7. The molecule has 0 atom stereocenters. The number of anilines is 8. The van der Waals surface area contributed by atoms with E-state index in [1.165, 1.54) is 21.2 Å². The van der Waals surface area contributed by atoms with Crippen molar-refractivity contribution in [2.24, 2.45) is 10.8 Å². The molecule has 13 rings (SSSR count). The van der Waals surface area contributed by atoms with Crippen LogP contribution in [-0.4, -0.2) is 94.3 Å². The second kappa shape index (κ2) is 38.9. The van der Waals surface area contributed by atoms with E-state index in [1.807, 2.05) is 48.5 Å². The third-order valence-corrected chi connectivity index (χ3v) is 24.6. The highest BCUT2D eigenvalue weighted by atomic mass is 31.1. The lowest BCUT2D eigenvalue weighted by atomic mass is 9.90. The molecule has 2 aromatic heterocycles. The Bertz CT molecular complexity index is 4800. The summed E-state index contributed by atoms with van der Waals surface area (Å²) in [4.78, 5) is 55.7. The molecule has 116 heavy (non-hydrogen) atoms. The Morgan fingerprint density at radius 1 is 0.336 bits per heavy atom. The van der Waals surface area contributed by atoms with Gasteiger partial charge in [-0.1, -0.05) is 237 Å². The average Bonchev–Trinajstić information content (AvgIpc) is 0.826. The number of fused-ring (bicyclic) bond motifs is 8. The van der Waals surface area contributed by atoms with Gasteiger partial charge in [0.05, 0.1) is 26.4 Å². The van der Waals surface area contributed by atoms with Crippen LogP contribution in [0.15, 0.2) is 231 Å². The number of nitrogens with two attached hydrogens (primary N) is 2. The Balaban J connectivity index is 0.753. The number of carbonyl (C=O) groups excluding carboxylic acids is 2. The van der Waals surface area contributed by atoms with Gasteiger partial charge in [-0.25, -0.2) is 0 Å². The summed E-state index contributed by atoms with van der Waals surface area (Å²) < 4.78 is 27.8. The number of hydrogen-bond acceptors (Lipinski definition) is 18. The van der Waals surface area contributed by atoms with Crippen molar-refractivity contribution in [2.75, 3.05) is 85.3 Å². The molecule has 10 aromatic carbocycles. The first kappa shape index (κ1) is 82.0. The van der Waals surface area contributed by atoms with E-state index in [0.717, 1.165) is 104 Å². The lowest BCUT2D eigenvalue weighted by Gasteiger charge is -2.25. The molecule has 10 N–H and O–H groups in total. The molecule has 0 saturated carbocycles. The van der Waals surface area contributed by atoms with E-state index in [-0.39, 0.29) is 47.5 Å². The van der Waals surface area contributed by atoms with Gasteiger partial charge in [-0.15, -0.1) is 0 Å². The van der Waals surface area contributed by atoms with Crippen LogP contribution in [0, 0.1) is 10.8 Å². The Labute approximate surface area is 683 Å². The summed E-state index contributed by atoms with van der Waals surface area (Å²) in [5, 5.41) is 27.6. The minimum atomic E-state index is -0.812. The molecule has 0 spiro atoms.